The van der Waals surface area contributed by atoms with E-state index in [1.807, 2.05) is 0 Å². The molecule has 0 unspecified atom stereocenters. The highest BCUT2D eigenvalue weighted by Crippen LogP contribution is 2.48. The minimum atomic E-state index is -6.15. The summed E-state index contributed by atoms with van der Waals surface area (Å²) in [5, 5.41) is 0.746. The van der Waals surface area contributed by atoms with Crippen molar-refractivity contribution in [3.05, 3.63) is 66.2 Å². The predicted molar refractivity (Wildman–Crippen MR) is 143 cm³/mol. The first kappa shape index (κ1) is 27.2. The largest absolute Gasteiger partial charge is 0.534 e. The van der Waals surface area contributed by atoms with Crippen LogP contribution in [0.25, 0.3) is 32.4 Å². The second kappa shape index (κ2) is 9.83. The number of carbonyl (C=O) groups excluding carboxylic acids is 1. The summed E-state index contributed by atoms with van der Waals surface area (Å²) in [4.78, 5) is 17.3. The van der Waals surface area contributed by atoms with E-state index in [1.54, 1.807) is 30.3 Å². The molecule has 0 fully saturated rings. The maximum absolute atomic E-state index is 13.4. The zero-order valence-corrected chi connectivity index (χ0v) is 22.5. The summed E-state index contributed by atoms with van der Waals surface area (Å²) >= 11 is 0. The molecule has 1 aromatic heterocycles. The lowest BCUT2D eigenvalue weighted by atomic mass is 9.99. The molecular weight excluding hydrogens is 583 g/mol. The van der Waals surface area contributed by atoms with Gasteiger partial charge in [0.1, 0.15) is 5.75 Å². The SMILES string of the molecule is COc1ccc2c(c(OS(=O)(=O)C(F)(F)F)nc3c4cc5c(cc4c(OC(=O)c4ccccc4)cc23)OCO5)c1OC. The van der Waals surface area contributed by atoms with Crippen molar-refractivity contribution in [2.45, 2.75) is 5.51 Å². The first-order valence-corrected chi connectivity index (χ1v) is 13.5. The van der Waals surface area contributed by atoms with Gasteiger partial charge in [-0.2, -0.15) is 21.6 Å². The van der Waals surface area contributed by atoms with E-state index in [2.05, 4.69) is 9.17 Å². The number of esters is 1. The number of nitrogens with zero attached hydrogens (tertiary/aromatic N) is 1. The standard InChI is InChI=1S/C28H18F3NO9S/c1-36-19-9-8-15-17-11-20(40-27(33)14-6-4-3-5-7-14)16-10-21-22(39-13-38-21)12-18(16)24(17)32-26(23(15)25(19)37-2)41-42(34,35)28(29,30)31/h3-12H,13H2,1-2H3. The Morgan fingerprint density at radius 1 is 0.857 bits per heavy atom. The average molecular weight is 602 g/mol. The van der Waals surface area contributed by atoms with Gasteiger partial charge in [-0.1, -0.05) is 18.2 Å². The number of halogens is 3. The molecule has 42 heavy (non-hydrogen) atoms. The number of carbonyl (C=O) groups is 1. The fraction of sp³-hybridized carbons (Fsp3) is 0.143. The van der Waals surface area contributed by atoms with Crippen molar-refractivity contribution in [3.8, 4) is 34.6 Å². The molecule has 216 valence electrons. The molecule has 10 nitrogen and oxygen atoms in total. The van der Waals surface area contributed by atoms with Gasteiger partial charge in [0.2, 0.25) is 12.7 Å². The van der Waals surface area contributed by atoms with Gasteiger partial charge in [-0.05, 0) is 42.5 Å². The van der Waals surface area contributed by atoms with Crippen molar-refractivity contribution in [2.75, 3.05) is 21.0 Å². The van der Waals surface area contributed by atoms with E-state index in [-0.39, 0.29) is 67.8 Å². The fourth-order valence-corrected chi connectivity index (χ4v) is 5.06. The molecule has 1 aliphatic rings. The zero-order valence-electron chi connectivity index (χ0n) is 21.6. The molecule has 2 heterocycles. The van der Waals surface area contributed by atoms with E-state index >= 15 is 0 Å². The lowest BCUT2D eigenvalue weighted by molar-refractivity contribution is -0.0500. The zero-order chi connectivity index (χ0) is 29.8. The van der Waals surface area contributed by atoms with Crippen LogP contribution in [0.1, 0.15) is 10.4 Å². The third kappa shape index (κ3) is 4.40. The van der Waals surface area contributed by atoms with Crippen molar-refractivity contribution in [1.82, 2.24) is 4.98 Å². The lowest BCUT2D eigenvalue weighted by Gasteiger charge is -2.18. The Labute approximate surface area is 235 Å². The van der Waals surface area contributed by atoms with Crippen LogP contribution in [0.4, 0.5) is 13.2 Å². The monoisotopic (exact) mass is 601 g/mol. The van der Waals surface area contributed by atoms with E-state index in [0.29, 0.717) is 5.75 Å². The van der Waals surface area contributed by atoms with E-state index in [9.17, 15) is 26.4 Å². The summed E-state index contributed by atoms with van der Waals surface area (Å²) in [5.41, 5.74) is -5.46. The Morgan fingerprint density at radius 2 is 1.52 bits per heavy atom. The van der Waals surface area contributed by atoms with Crippen LogP contribution in [0, 0.1) is 0 Å². The lowest BCUT2D eigenvalue weighted by Crippen LogP contribution is -2.28. The molecule has 4 aromatic carbocycles. The second-order valence-electron chi connectivity index (χ2n) is 8.90. The van der Waals surface area contributed by atoms with Crippen molar-refractivity contribution in [3.63, 3.8) is 0 Å². The van der Waals surface area contributed by atoms with Gasteiger partial charge in [0, 0.05) is 21.5 Å². The summed E-state index contributed by atoms with van der Waals surface area (Å²) < 4.78 is 96.5. The van der Waals surface area contributed by atoms with Crippen molar-refractivity contribution in [2.24, 2.45) is 0 Å². The molecule has 0 N–H and O–H groups in total. The molecular formula is C28H18F3NO9S. The number of aromatic nitrogens is 1. The van der Waals surface area contributed by atoms with Gasteiger partial charge in [0.05, 0.1) is 30.7 Å². The number of pyridine rings is 1. The second-order valence-corrected chi connectivity index (χ2v) is 10.4. The van der Waals surface area contributed by atoms with Gasteiger partial charge in [-0.25, -0.2) is 9.78 Å². The number of benzene rings is 4. The van der Waals surface area contributed by atoms with Crippen LogP contribution in [0.3, 0.4) is 0 Å². The van der Waals surface area contributed by atoms with Gasteiger partial charge < -0.3 is 27.9 Å². The summed E-state index contributed by atoms with van der Waals surface area (Å²) in [6.45, 7) is -0.103. The maximum atomic E-state index is 13.4. The molecule has 0 atom stereocenters. The molecule has 0 radical (unpaired) electrons. The summed E-state index contributed by atoms with van der Waals surface area (Å²) in [6.07, 6.45) is 0. The number of hydrogen-bond acceptors (Lipinski definition) is 10. The molecule has 0 amide bonds. The van der Waals surface area contributed by atoms with Crippen LogP contribution < -0.4 is 27.9 Å². The van der Waals surface area contributed by atoms with Crippen molar-refractivity contribution < 1.29 is 54.3 Å². The molecule has 14 heteroatoms. The Bertz CT molecular complexity index is 2010. The number of hydrogen-bond donors (Lipinski definition) is 0. The topological polar surface area (TPSA) is 119 Å². The van der Waals surface area contributed by atoms with Gasteiger partial charge in [-0.15, -0.1) is 0 Å². The molecule has 0 saturated heterocycles. The Hall–Kier alpha value is -4.98. The van der Waals surface area contributed by atoms with Crippen LogP contribution in [0.15, 0.2) is 60.7 Å². The molecule has 0 spiro atoms. The smallest absolute Gasteiger partial charge is 0.493 e. The van der Waals surface area contributed by atoms with E-state index in [1.165, 1.54) is 44.6 Å². The molecule has 1 aliphatic heterocycles. The number of methoxy groups -OCH3 is 2. The Morgan fingerprint density at radius 3 is 2.17 bits per heavy atom. The number of fused-ring (bicyclic) bond motifs is 6. The number of rotatable bonds is 6. The van der Waals surface area contributed by atoms with Crippen LogP contribution in [-0.2, 0) is 10.1 Å². The minimum absolute atomic E-state index is 0.0231. The first-order chi connectivity index (χ1) is 20.0. The van der Waals surface area contributed by atoms with Crippen molar-refractivity contribution >= 4 is 48.5 Å². The van der Waals surface area contributed by atoms with E-state index < -0.39 is 27.5 Å². The highest BCUT2D eigenvalue weighted by Gasteiger charge is 2.49. The van der Waals surface area contributed by atoms with Gasteiger partial charge in [0.15, 0.2) is 23.0 Å². The summed E-state index contributed by atoms with van der Waals surface area (Å²) in [7, 11) is -3.63. The maximum Gasteiger partial charge on any atom is 0.534 e. The quantitative estimate of drug-likeness (QED) is 0.0784. The first-order valence-electron chi connectivity index (χ1n) is 12.0. The highest BCUT2D eigenvalue weighted by atomic mass is 32.2. The van der Waals surface area contributed by atoms with Crippen LogP contribution in [0.2, 0.25) is 0 Å². The van der Waals surface area contributed by atoms with Gasteiger partial charge in [-0.3, -0.25) is 0 Å². The summed E-state index contributed by atoms with van der Waals surface area (Å²) in [6, 6.07) is 15.6. The number of ether oxygens (including phenoxy) is 5. The molecule has 6 rings (SSSR count). The predicted octanol–water partition coefficient (Wildman–Crippen LogP) is 5.73. The normalized spacial score (nSPS) is 13.0. The van der Waals surface area contributed by atoms with Crippen LogP contribution in [0.5, 0.6) is 34.6 Å². The third-order valence-corrected chi connectivity index (χ3v) is 7.46. The molecule has 5 aromatic rings. The Balaban J connectivity index is 1.71. The van der Waals surface area contributed by atoms with Crippen LogP contribution >= 0.6 is 0 Å². The number of alkyl halides is 3. The highest BCUT2D eigenvalue weighted by molar-refractivity contribution is 7.88. The summed E-state index contributed by atoms with van der Waals surface area (Å²) in [5.74, 6) is -0.970. The van der Waals surface area contributed by atoms with E-state index in [4.69, 9.17) is 23.7 Å². The third-order valence-electron chi connectivity index (χ3n) is 6.51. The van der Waals surface area contributed by atoms with Crippen molar-refractivity contribution in [1.29, 1.82) is 0 Å². The average Bonchev–Trinajstić information content (AvgIpc) is 3.43. The molecule has 0 saturated carbocycles. The fourth-order valence-electron chi connectivity index (χ4n) is 4.64. The van der Waals surface area contributed by atoms with Gasteiger partial charge >= 0.3 is 21.6 Å². The minimum Gasteiger partial charge on any atom is -0.493 e. The van der Waals surface area contributed by atoms with E-state index in [0.717, 1.165) is 0 Å². The molecule has 0 bridgehead atoms. The Kier molecular flexibility index (Phi) is 6.37. The van der Waals surface area contributed by atoms with Crippen LogP contribution in [-0.4, -0.2) is 45.9 Å². The van der Waals surface area contributed by atoms with Gasteiger partial charge in [0.25, 0.3) is 0 Å². The molecule has 0 aliphatic carbocycles.